The van der Waals surface area contributed by atoms with E-state index in [-0.39, 0.29) is 12.4 Å². The third-order valence-corrected chi connectivity index (χ3v) is 3.69. The van der Waals surface area contributed by atoms with Gasteiger partial charge in [-0.2, -0.15) is 0 Å². The van der Waals surface area contributed by atoms with E-state index in [1.807, 2.05) is 6.92 Å². The van der Waals surface area contributed by atoms with E-state index in [9.17, 15) is 0 Å². The molecule has 0 amide bonds. The highest BCUT2D eigenvalue weighted by atomic mass is 35.5. The van der Waals surface area contributed by atoms with Crippen LogP contribution < -0.4 is 5.32 Å². The molecular weight excluding hydrogens is 265 g/mol. The summed E-state index contributed by atoms with van der Waals surface area (Å²) in [6, 6.07) is 1.78. The molecule has 1 fully saturated rings. The van der Waals surface area contributed by atoms with Gasteiger partial charge in [-0.15, -0.1) is 12.4 Å². The topological polar surface area (TPSA) is 37.8 Å². The van der Waals surface area contributed by atoms with Gasteiger partial charge in [0.25, 0.3) is 0 Å². The Kier molecular flexibility index (Phi) is 5.83. The molecule has 0 bridgehead atoms. The first kappa shape index (κ1) is 14.0. The van der Waals surface area contributed by atoms with Crippen molar-refractivity contribution in [2.45, 2.75) is 18.5 Å². The lowest BCUT2D eigenvalue weighted by Gasteiger charge is -2.06. The zero-order chi connectivity index (χ0) is 10.7. The molecule has 0 aromatic carbocycles. The number of rotatable bonds is 3. The van der Waals surface area contributed by atoms with E-state index in [4.69, 9.17) is 11.6 Å². The number of halogens is 2. The van der Waals surface area contributed by atoms with Gasteiger partial charge in [0, 0.05) is 11.4 Å². The fraction of sp³-hybridized carbons (Fsp3) is 0.600. The number of hydrogen-bond acceptors (Lipinski definition) is 4. The predicted molar refractivity (Wildman–Crippen MR) is 70.7 cm³/mol. The molecule has 6 heteroatoms. The van der Waals surface area contributed by atoms with Crippen molar-refractivity contribution in [2.24, 2.45) is 5.92 Å². The van der Waals surface area contributed by atoms with Crippen LogP contribution in [0.4, 0.5) is 0 Å². The van der Waals surface area contributed by atoms with Gasteiger partial charge in [0.1, 0.15) is 5.15 Å². The fourth-order valence-electron chi connectivity index (χ4n) is 1.62. The van der Waals surface area contributed by atoms with E-state index in [2.05, 4.69) is 15.3 Å². The van der Waals surface area contributed by atoms with Crippen LogP contribution in [0.15, 0.2) is 11.2 Å². The van der Waals surface area contributed by atoms with Crippen LogP contribution in [0.2, 0.25) is 5.15 Å². The number of aromatic nitrogens is 2. The molecule has 1 aliphatic rings. The summed E-state index contributed by atoms with van der Waals surface area (Å²) in [6.45, 7) is 4.20. The first-order valence-corrected chi connectivity index (χ1v) is 6.45. The average Bonchev–Trinajstić information content (AvgIpc) is 2.65. The number of aryl methyl sites for hydroxylation is 1. The van der Waals surface area contributed by atoms with Gasteiger partial charge in [0.2, 0.25) is 0 Å². The first-order chi connectivity index (χ1) is 7.24. The van der Waals surface area contributed by atoms with Crippen LogP contribution in [-0.4, -0.2) is 28.8 Å². The molecule has 0 spiro atoms. The van der Waals surface area contributed by atoms with Gasteiger partial charge in [-0.3, -0.25) is 0 Å². The molecule has 1 aliphatic heterocycles. The molecule has 1 saturated heterocycles. The summed E-state index contributed by atoms with van der Waals surface area (Å²) in [5.41, 5.74) is 0.932. The second-order valence-electron chi connectivity index (χ2n) is 3.78. The monoisotopic (exact) mass is 279 g/mol. The molecule has 0 aliphatic carbocycles. The van der Waals surface area contributed by atoms with Gasteiger partial charge in [0.05, 0.1) is 0 Å². The molecule has 2 heterocycles. The van der Waals surface area contributed by atoms with Crippen LogP contribution in [0.25, 0.3) is 0 Å². The van der Waals surface area contributed by atoms with Gasteiger partial charge < -0.3 is 5.32 Å². The van der Waals surface area contributed by atoms with E-state index in [0.717, 1.165) is 35.6 Å². The number of nitrogens with zero attached hydrogens (tertiary/aromatic N) is 2. The maximum absolute atomic E-state index is 5.87. The van der Waals surface area contributed by atoms with Crippen LogP contribution in [0.5, 0.6) is 0 Å². The molecule has 0 radical (unpaired) electrons. The minimum absolute atomic E-state index is 0. The third kappa shape index (κ3) is 4.09. The lowest BCUT2D eigenvalue weighted by atomic mass is 10.2. The maximum Gasteiger partial charge on any atom is 0.189 e. The van der Waals surface area contributed by atoms with Crippen LogP contribution in [0.1, 0.15) is 12.1 Å². The van der Waals surface area contributed by atoms with Crippen molar-refractivity contribution in [3.63, 3.8) is 0 Å². The Morgan fingerprint density at radius 3 is 3.00 bits per heavy atom. The van der Waals surface area contributed by atoms with Crippen molar-refractivity contribution in [3.8, 4) is 0 Å². The number of thioether (sulfide) groups is 1. The van der Waals surface area contributed by atoms with Gasteiger partial charge in [-0.25, -0.2) is 9.97 Å². The quantitative estimate of drug-likeness (QED) is 0.524. The Bertz CT molecular complexity index is 323. The summed E-state index contributed by atoms with van der Waals surface area (Å²) >= 11 is 7.57. The van der Waals surface area contributed by atoms with Gasteiger partial charge in [-0.05, 0) is 38.4 Å². The average molecular weight is 280 g/mol. The summed E-state index contributed by atoms with van der Waals surface area (Å²) in [5.74, 6) is 1.82. The van der Waals surface area contributed by atoms with Crippen molar-refractivity contribution in [1.82, 2.24) is 15.3 Å². The Morgan fingerprint density at radius 2 is 2.38 bits per heavy atom. The SMILES string of the molecule is Cc1cc(Cl)nc(SCC2CCNC2)n1.Cl. The lowest BCUT2D eigenvalue weighted by molar-refractivity contribution is 0.661. The summed E-state index contributed by atoms with van der Waals surface area (Å²) in [5, 5.41) is 4.69. The Morgan fingerprint density at radius 1 is 1.56 bits per heavy atom. The molecule has 1 aromatic heterocycles. The van der Waals surface area contributed by atoms with Crippen molar-refractivity contribution in [2.75, 3.05) is 18.8 Å². The second-order valence-corrected chi connectivity index (χ2v) is 5.16. The molecule has 90 valence electrons. The van der Waals surface area contributed by atoms with E-state index >= 15 is 0 Å². The Balaban J connectivity index is 0.00000128. The Hall–Kier alpha value is -0.0300. The molecule has 2 rings (SSSR count). The highest BCUT2D eigenvalue weighted by molar-refractivity contribution is 7.99. The highest BCUT2D eigenvalue weighted by Gasteiger charge is 2.15. The van der Waals surface area contributed by atoms with Gasteiger partial charge in [-0.1, -0.05) is 23.4 Å². The zero-order valence-electron chi connectivity index (χ0n) is 9.07. The van der Waals surface area contributed by atoms with E-state index in [0.29, 0.717) is 5.15 Å². The van der Waals surface area contributed by atoms with Crippen LogP contribution in [0, 0.1) is 12.8 Å². The van der Waals surface area contributed by atoms with Gasteiger partial charge in [0.15, 0.2) is 5.16 Å². The molecule has 1 unspecified atom stereocenters. The summed E-state index contributed by atoms with van der Waals surface area (Å²) < 4.78 is 0. The van der Waals surface area contributed by atoms with E-state index < -0.39 is 0 Å². The third-order valence-electron chi connectivity index (χ3n) is 2.41. The van der Waals surface area contributed by atoms with Gasteiger partial charge >= 0.3 is 0 Å². The summed E-state index contributed by atoms with van der Waals surface area (Å²) in [6.07, 6.45) is 1.26. The minimum Gasteiger partial charge on any atom is -0.316 e. The van der Waals surface area contributed by atoms with Crippen LogP contribution in [0.3, 0.4) is 0 Å². The first-order valence-electron chi connectivity index (χ1n) is 5.09. The number of hydrogen-bond donors (Lipinski definition) is 1. The molecule has 1 N–H and O–H groups in total. The number of nitrogens with one attached hydrogen (secondary N) is 1. The van der Waals surface area contributed by atoms with E-state index in [1.54, 1.807) is 17.8 Å². The maximum atomic E-state index is 5.87. The van der Waals surface area contributed by atoms with Crippen molar-refractivity contribution in [1.29, 1.82) is 0 Å². The van der Waals surface area contributed by atoms with Crippen molar-refractivity contribution >= 4 is 35.8 Å². The van der Waals surface area contributed by atoms with Crippen molar-refractivity contribution in [3.05, 3.63) is 16.9 Å². The van der Waals surface area contributed by atoms with E-state index in [1.165, 1.54) is 6.42 Å². The molecule has 3 nitrogen and oxygen atoms in total. The Labute approximate surface area is 111 Å². The second kappa shape index (κ2) is 6.64. The molecule has 16 heavy (non-hydrogen) atoms. The predicted octanol–water partition coefficient (Wildman–Crippen LogP) is 2.56. The highest BCUT2D eigenvalue weighted by Crippen LogP contribution is 2.21. The fourth-order valence-corrected chi connectivity index (χ4v) is 2.95. The smallest absolute Gasteiger partial charge is 0.189 e. The largest absolute Gasteiger partial charge is 0.316 e. The van der Waals surface area contributed by atoms with Crippen LogP contribution >= 0.6 is 35.8 Å². The normalized spacial score (nSPS) is 19.5. The zero-order valence-corrected chi connectivity index (χ0v) is 11.5. The molecular formula is C10H15Cl2N3S. The molecule has 1 aromatic rings. The van der Waals surface area contributed by atoms with Crippen molar-refractivity contribution < 1.29 is 0 Å². The molecule has 1 atom stereocenters. The molecule has 0 saturated carbocycles. The van der Waals surface area contributed by atoms with Crippen LogP contribution in [-0.2, 0) is 0 Å². The minimum atomic E-state index is 0. The summed E-state index contributed by atoms with van der Waals surface area (Å²) in [7, 11) is 0. The summed E-state index contributed by atoms with van der Waals surface area (Å²) in [4.78, 5) is 8.53. The lowest BCUT2D eigenvalue weighted by Crippen LogP contribution is -2.10. The standard InChI is InChI=1S/C10H14ClN3S.ClH/c1-7-4-9(11)14-10(13-7)15-6-8-2-3-12-5-8;/h4,8,12H,2-3,5-6H2,1H3;1H.